The predicted molar refractivity (Wildman–Crippen MR) is 83.0 cm³/mol. The Hall–Kier alpha value is -0.440. The van der Waals surface area contributed by atoms with E-state index < -0.39 is 6.17 Å². The molecule has 124 valence electrons. The zero-order chi connectivity index (χ0) is 15.7. The van der Waals surface area contributed by atoms with Crippen molar-refractivity contribution in [3.05, 3.63) is 0 Å². The molecule has 0 heterocycles. The van der Waals surface area contributed by atoms with Crippen molar-refractivity contribution in [2.24, 2.45) is 34.5 Å². The van der Waals surface area contributed by atoms with Crippen LogP contribution in [0.3, 0.4) is 0 Å². The van der Waals surface area contributed by atoms with Gasteiger partial charge >= 0.3 is 0 Å². The quantitative estimate of drug-likeness (QED) is 0.737. The van der Waals surface area contributed by atoms with Gasteiger partial charge in [0.15, 0.2) is 12.0 Å². The molecular weight excluding hydrogens is 279 g/mol. The lowest BCUT2D eigenvalue weighted by Gasteiger charge is -2.60. The highest BCUT2D eigenvalue weighted by molar-refractivity contribution is 5.84. The Kier molecular flexibility index (Phi) is 3.28. The molecule has 0 bridgehead atoms. The first kappa shape index (κ1) is 15.1. The standard InChI is InChI=1S/C19H29FO2/c1-18-8-7-14-12(13(18)5-6-17(18)22)4-3-11-9-16(21)15(20)10-19(11,14)2/h11-15,17,22H,3-10H2,1-2H3/t11-,12?,13?,14?,15+,17-,18?,19?/m0/s1. The molecule has 0 aromatic heterocycles. The third kappa shape index (κ3) is 1.84. The van der Waals surface area contributed by atoms with E-state index in [2.05, 4.69) is 13.8 Å². The average Bonchev–Trinajstić information content (AvgIpc) is 2.77. The number of aliphatic hydroxyl groups excluding tert-OH is 1. The number of aliphatic hydroxyl groups is 1. The summed E-state index contributed by atoms with van der Waals surface area (Å²) in [5.41, 5.74) is 0.0923. The zero-order valence-corrected chi connectivity index (χ0v) is 13.9. The number of alkyl halides is 1. The lowest BCUT2D eigenvalue weighted by Crippen LogP contribution is -2.55. The van der Waals surface area contributed by atoms with Gasteiger partial charge in [-0.1, -0.05) is 13.8 Å². The summed E-state index contributed by atoms with van der Waals surface area (Å²) in [5.74, 6) is 2.04. The highest BCUT2D eigenvalue weighted by Gasteiger charge is 2.61. The van der Waals surface area contributed by atoms with E-state index in [1.807, 2.05) is 0 Å². The maximum absolute atomic E-state index is 14.2. The molecule has 0 aromatic rings. The largest absolute Gasteiger partial charge is 0.393 e. The number of hydrogen-bond donors (Lipinski definition) is 1. The second-order valence-electron chi connectivity index (χ2n) is 9.14. The third-order valence-electron chi connectivity index (χ3n) is 8.43. The monoisotopic (exact) mass is 308 g/mol. The van der Waals surface area contributed by atoms with Crippen LogP contribution in [0, 0.1) is 34.5 Å². The molecular formula is C19H29FO2. The number of carbonyl (C=O) groups excluding carboxylic acids is 1. The van der Waals surface area contributed by atoms with Gasteiger partial charge in [0.2, 0.25) is 0 Å². The molecule has 4 saturated carbocycles. The van der Waals surface area contributed by atoms with Gasteiger partial charge in [-0.05, 0) is 79.4 Å². The predicted octanol–water partition coefficient (Wildman–Crippen LogP) is 3.91. The van der Waals surface area contributed by atoms with Crippen LogP contribution in [0.5, 0.6) is 0 Å². The number of hydrogen-bond acceptors (Lipinski definition) is 2. The van der Waals surface area contributed by atoms with Crippen LogP contribution >= 0.6 is 0 Å². The summed E-state index contributed by atoms with van der Waals surface area (Å²) in [6.45, 7) is 4.55. The Morgan fingerprint density at radius 3 is 2.55 bits per heavy atom. The zero-order valence-electron chi connectivity index (χ0n) is 13.9. The van der Waals surface area contributed by atoms with E-state index in [1.54, 1.807) is 0 Å². The Labute approximate surface area is 132 Å². The Bertz CT molecular complexity index is 492. The maximum atomic E-state index is 14.2. The van der Waals surface area contributed by atoms with E-state index in [0.29, 0.717) is 36.5 Å². The van der Waals surface area contributed by atoms with Crippen molar-refractivity contribution < 1.29 is 14.3 Å². The molecule has 0 aliphatic heterocycles. The summed E-state index contributed by atoms with van der Waals surface area (Å²) in [6.07, 6.45) is 6.06. The summed E-state index contributed by atoms with van der Waals surface area (Å²) in [6, 6.07) is 0. The van der Waals surface area contributed by atoms with Crippen molar-refractivity contribution >= 4 is 5.78 Å². The number of carbonyl (C=O) groups is 1. The number of rotatable bonds is 0. The SMILES string of the molecule is CC12C[C@@H](F)C(=O)C[C@@H]1CCC1C2CCC2(C)C1CC[C@@H]2O. The molecule has 8 atom stereocenters. The van der Waals surface area contributed by atoms with Crippen molar-refractivity contribution in [1.82, 2.24) is 0 Å². The van der Waals surface area contributed by atoms with Crippen molar-refractivity contribution in [3.63, 3.8) is 0 Å². The molecule has 3 heteroatoms. The molecule has 0 aromatic carbocycles. The molecule has 4 rings (SSSR count). The van der Waals surface area contributed by atoms with Crippen LogP contribution in [0.15, 0.2) is 0 Å². The Balaban J connectivity index is 1.65. The van der Waals surface area contributed by atoms with E-state index in [0.717, 1.165) is 32.1 Å². The van der Waals surface area contributed by atoms with Gasteiger partial charge in [0.1, 0.15) is 0 Å². The van der Waals surface area contributed by atoms with Crippen molar-refractivity contribution in [2.75, 3.05) is 0 Å². The summed E-state index contributed by atoms with van der Waals surface area (Å²) in [5, 5.41) is 10.4. The molecule has 4 aliphatic rings. The van der Waals surface area contributed by atoms with Gasteiger partial charge in [0.05, 0.1) is 6.10 Å². The molecule has 0 amide bonds. The van der Waals surface area contributed by atoms with Crippen molar-refractivity contribution in [1.29, 1.82) is 0 Å². The highest BCUT2D eigenvalue weighted by Crippen LogP contribution is 2.66. The Morgan fingerprint density at radius 2 is 1.77 bits per heavy atom. The van der Waals surface area contributed by atoms with Gasteiger partial charge in [0.25, 0.3) is 0 Å². The van der Waals surface area contributed by atoms with Crippen molar-refractivity contribution in [3.8, 4) is 0 Å². The van der Waals surface area contributed by atoms with Gasteiger partial charge in [-0.2, -0.15) is 0 Å². The normalized spacial score (nSPS) is 57.9. The van der Waals surface area contributed by atoms with Gasteiger partial charge in [0, 0.05) is 6.42 Å². The average molecular weight is 308 g/mol. The fourth-order valence-corrected chi connectivity index (χ4v) is 7.03. The summed E-state index contributed by atoms with van der Waals surface area (Å²) in [4.78, 5) is 11.8. The number of Topliss-reactive ketones (excluding diaryl/α,β-unsaturated/α-hetero) is 1. The molecule has 4 aliphatic carbocycles. The molecule has 0 radical (unpaired) electrons. The first-order valence-electron chi connectivity index (χ1n) is 9.21. The smallest absolute Gasteiger partial charge is 0.167 e. The summed E-state index contributed by atoms with van der Waals surface area (Å²) >= 11 is 0. The summed E-state index contributed by atoms with van der Waals surface area (Å²) in [7, 11) is 0. The number of fused-ring (bicyclic) bond motifs is 5. The minimum absolute atomic E-state index is 0.00508. The second kappa shape index (κ2) is 4.78. The first-order chi connectivity index (χ1) is 10.4. The van der Waals surface area contributed by atoms with E-state index in [4.69, 9.17) is 0 Å². The molecule has 0 spiro atoms. The highest BCUT2D eigenvalue weighted by atomic mass is 19.1. The van der Waals surface area contributed by atoms with Crippen LogP contribution in [-0.2, 0) is 4.79 Å². The van der Waals surface area contributed by atoms with Gasteiger partial charge in [-0.15, -0.1) is 0 Å². The molecule has 4 fully saturated rings. The minimum Gasteiger partial charge on any atom is -0.393 e. The van der Waals surface area contributed by atoms with E-state index in [-0.39, 0.29) is 22.7 Å². The van der Waals surface area contributed by atoms with Crippen LogP contribution in [0.2, 0.25) is 0 Å². The Morgan fingerprint density at radius 1 is 1.05 bits per heavy atom. The van der Waals surface area contributed by atoms with Crippen LogP contribution in [0.1, 0.15) is 65.2 Å². The molecule has 2 nitrogen and oxygen atoms in total. The van der Waals surface area contributed by atoms with Crippen LogP contribution in [0.25, 0.3) is 0 Å². The van der Waals surface area contributed by atoms with E-state index >= 15 is 0 Å². The fraction of sp³-hybridized carbons (Fsp3) is 0.947. The number of ketones is 1. The second-order valence-corrected chi connectivity index (χ2v) is 9.14. The van der Waals surface area contributed by atoms with Gasteiger partial charge in [-0.25, -0.2) is 4.39 Å². The number of halogens is 1. The van der Waals surface area contributed by atoms with Crippen LogP contribution < -0.4 is 0 Å². The van der Waals surface area contributed by atoms with E-state index in [1.165, 1.54) is 6.42 Å². The first-order valence-corrected chi connectivity index (χ1v) is 9.21. The third-order valence-corrected chi connectivity index (χ3v) is 8.43. The maximum Gasteiger partial charge on any atom is 0.167 e. The van der Waals surface area contributed by atoms with Crippen molar-refractivity contribution in [2.45, 2.75) is 77.5 Å². The molecule has 22 heavy (non-hydrogen) atoms. The van der Waals surface area contributed by atoms with E-state index in [9.17, 15) is 14.3 Å². The van der Waals surface area contributed by atoms with Crippen LogP contribution in [-0.4, -0.2) is 23.2 Å². The molecule has 1 N–H and O–H groups in total. The lowest BCUT2D eigenvalue weighted by atomic mass is 9.45. The minimum atomic E-state index is -1.23. The molecule has 5 unspecified atom stereocenters. The molecule has 0 saturated heterocycles. The topological polar surface area (TPSA) is 37.3 Å². The fourth-order valence-electron chi connectivity index (χ4n) is 7.03. The lowest BCUT2D eigenvalue weighted by molar-refractivity contribution is -0.151. The van der Waals surface area contributed by atoms with Gasteiger partial charge < -0.3 is 5.11 Å². The van der Waals surface area contributed by atoms with Gasteiger partial charge in [-0.3, -0.25) is 4.79 Å². The van der Waals surface area contributed by atoms with Crippen LogP contribution in [0.4, 0.5) is 4.39 Å². The summed E-state index contributed by atoms with van der Waals surface area (Å²) < 4.78 is 14.2.